The lowest BCUT2D eigenvalue weighted by atomic mass is 10.2. The zero-order valence-electron chi connectivity index (χ0n) is 13.5. The lowest BCUT2D eigenvalue weighted by Gasteiger charge is -2.12. The second kappa shape index (κ2) is 6.45. The summed E-state index contributed by atoms with van der Waals surface area (Å²) in [7, 11) is 0. The minimum atomic E-state index is -0.471. The zero-order chi connectivity index (χ0) is 17.3. The molecular weight excluding hydrogens is 328 g/mol. The first-order chi connectivity index (χ1) is 11.5. The maximum absolute atomic E-state index is 12.4. The van der Waals surface area contributed by atoms with Gasteiger partial charge in [-0.25, -0.2) is 0 Å². The number of benzene rings is 1. The second-order valence-corrected chi connectivity index (χ2v) is 5.93. The Kier molecular flexibility index (Phi) is 4.35. The van der Waals surface area contributed by atoms with Gasteiger partial charge < -0.3 is 0 Å². The van der Waals surface area contributed by atoms with Crippen LogP contribution in [0.1, 0.15) is 24.4 Å². The van der Waals surface area contributed by atoms with E-state index in [1.165, 1.54) is 0 Å². The first-order valence-corrected chi connectivity index (χ1v) is 7.84. The molecule has 0 fully saturated rings. The lowest BCUT2D eigenvalue weighted by molar-refractivity contribution is -0.119. The number of amides is 1. The van der Waals surface area contributed by atoms with Crippen LogP contribution < -0.4 is 5.32 Å². The standard InChI is InChI=1S/C16H17ClN6O/c1-9-8-10(2)23(22-9)11(3)15(24)19-16-18-14(20-21-16)12-6-4-5-7-13(12)17/h4-8,11H,1-3H3,(H2,18,19,20,21,24). The average Bonchev–Trinajstić information content (AvgIpc) is 3.13. The van der Waals surface area contributed by atoms with E-state index in [0.717, 1.165) is 17.0 Å². The molecule has 1 atom stereocenters. The van der Waals surface area contributed by atoms with Crippen molar-refractivity contribution < 1.29 is 4.79 Å². The van der Waals surface area contributed by atoms with Crippen LogP contribution in [0.25, 0.3) is 11.4 Å². The largest absolute Gasteiger partial charge is 0.291 e. The van der Waals surface area contributed by atoms with Crippen molar-refractivity contribution in [3.63, 3.8) is 0 Å². The number of anilines is 1. The number of aryl methyl sites for hydroxylation is 2. The molecule has 2 aromatic heterocycles. The third kappa shape index (κ3) is 3.16. The monoisotopic (exact) mass is 344 g/mol. The summed E-state index contributed by atoms with van der Waals surface area (Å²) in [4.78, 5) is 16.7. The maximum Gasteiger partial charge on any atom is 0.251 e. The quantitative estimate of drug-likeness (QED) is 0.761. The molecule has 8 heteroatoms. The van der Waals surface area contributed by atoms with Crippen LogP contribution in [0.5, 0.6) is 0 Å². The zero-order valence-corrected chi connectivity index (χ0v) is 14.3. The summed E-state index contributed by atoms with van der Waals surface area (Å²) in [5.41, 5.74) is 2.51. The van der Waals surface area contributed by atoms with Crippen LogP contribution in [0.2, 0.25) is 5.02 Å². The molecule has 0 spiro atoms. The van der Waals surface area contributed by atoms with Gasteiger partial charge in [-0.2, -0.15) is 10.1 Å². The number of aromatic amines is 1. The molecule has 24 heavy (non-hydrogen) atoms. The Bertz CT molecular complexity index is 884. The number of aromatic nitrogens is 5. The fraction of sp³-hybridized carbons (Fsp3) is 0.250. The number of nitrogens with one attached hydrogen (secondary N) is 2. The Hall–Kier alpha value is -2.67. The van der Waals surface area contributed by atoms with Gasteiger partial charge in [0.1, 0.15) is 6.04 Å². The smallest absolute Gasteiger partial charge is 0.251 e. The van der Waals surface area contributed by atoms with Crippen molar-refractivity contribution in [2.75, 3.05) is 5.32 Å². The van der Waals surface area contributed by atoms with Gasteiger partial charge in [-0.1, -0.05) is 23.7 Å². The lowest BCUT2D eigenvalue weighted by Crippen LogP contribution is -2.25. The number of hydrogen-bond acceptors (Lipinski definition) is 4. The van der Waals surface area contributed by atoms with E-state index in [0.29, 0.717) is 10.8 Å². The molecule has 2 heterocycles. The summed E-state index contributed by atoms with van der Waals surface area (Å²) in [5, 5.41) is 14.4. The summed E-state index contributed by atoms with van der Waals surface area (Å²) in [6, 6.07) is 8.73. The van der Waals surface area contributed by atoms with E-state index >= 15 is 0 Å². The molecule has 3 aromatic rings. The second-order valence-electron chi connectivity index (χ2n) is 5.52. The predicted molar refractivity (Wildman–Crippen MR) is 91.9 cm³/mol. The van der Waals surface area contributed by atoms with Crippen LogP contribution in [0, 0.1) is 13.8 Å². The van der Waals surface area contributed by atoms with Crippen molar-refractivity contribution in [3.8, 4) is 11.4 Å². The average molecular weight is 345 g/mol. The Morgan fingerprint density at radius 1 is 1.33 bits per heavy atom. The Labute approximate surface area is 144 Å². The van der Waals surface area contributed by atoms with Crippen molar-refractivity contribution >= 4 is 23.5 Å². The molecule has 0 aliphatic carbocycles. The predicted octanol–water partition coefficient (Wildman–Crippen LogP) is 3.14. The molecule has 0 aliphatic rings. The molecule has 0 saturated heterocycles. The van der Waals surface area contributed by atoms with E-state index < -0.39 is 6.04 Å². The van der Waals surface area contributed by atoms with Crippen LogP contribution in [0.3, 0.4) is 0 Å². The van der Waals surface area contributed by atoms with Crippen LogP contribution >= 0.6 is 11.6 Å². The van der Waals surface area contributed by atoms with Gasteiger partial charge in [0.15, 0.2) is 5.82 Å². The van der Waals surface area contributed by atoms with Crippen molar-refractivity contribution in [2.45, 2.75) is 26.8 Å². The van der Waals surface area contributed by atoms with E-state index in [1.807, 2.05) is 38.1 Å². The minimum absolute atomic E-state index is 0.198. The molecule has 1 unspecified atom stereocenters. The number of H-pyrrole nitrogens is 1. The number of rotatable bonds is 4. The molecule has 0 radical (unpaired) electrons. The van der Waals surface area contributed by atoms with Crippen LogP contribution in [-0.4, -0.2) is 30.9 Å². The molecule has 0 saturated carbocycles. The fourth-order valence-corrected chi connectivity index (χ4v) is 2.68. The van der Waals surface area contributed by atoms with Gasteiger partial charge >= 0.3 is 0 Å². The first kappa shape index (κ1) is 16.2. The van der Waals surface area contributed by atoms with Gasteiger partial charge in [-0.3, -0.25) is 19.9 Å². The summed E-state index contributed by atoms with van der Waals surface area (Å²) in [6.07, 6.45) is 0. The Morgan fingerprint density at radius 2 is 2.08 bits per heavy atom. The van der Waals surface area contributed by atoms with Crippen LogP contribution in [-0.2, 0) is 4.79 Å². The summed E-state index contributed by atoms with van der Waals surface area (Å²) < 4.78 is 1.67. The highest BCUT2D eigenvalue weighted by molar-refractivity contribution is 6.33. The van der Waals surface area contributed by atoms with Gasteiger partial charge in [0.25, 0.3) is 5.91 Å². The Balaban J connectivity index is 1.76. The van der Waals surface area contributed by atoms with Crippen molar-refractivity contribution in [1.29, 1.82) is 0 Å². The summed E-state index contributed by atoms with van der Waals surface area (Å²) >= 11 is 6.14. The van der Waals surface area contributed by atoms with E-state index in [4.69, 9.17) is 11.6 Å². The van der Waals surface area contributed by atoms with Crippen molar-refractivity contribution in [3.05, 3.63) is 46.7 Å². The number of halogens is 1. The van der Waals surface area contributed by atoms with Gasteiger partial charge in [0.05, 0.1) is 10.7 Å². The molecule has 124 valence electrons. The molecule has 0 aliphatic heterocycles. The molecule has 1 aromatic carbocycles. The fourth-order valence-electron chi connectivity index (χ4n) is 2.46. The highest BCUT2D eigenvalue weighted by Gasteiger charge is 2.19. The molecule has 2 N–H and O–H groups in total. The van der Waals surface area contributed by atoms with E-state index in [2.05, 4.69) is 25.6 Å². The molecular formula is C16H17ClN6O. The third-order valence-corrected chi connectivity index (χ3v) is 3.97. The minimum Gasteiger partial charge on any atom is -0.291 e. The Morgan fingerprint density at radius 3 is 2.75 bits per heavy atom. The van der Waals surface area contributed by atoms with E-state index in [9.17, 15) is 4.79 Å². The van der Waals surface area contributed by atoms with Crippen molar-refractivity contribution in [2.24, 2.45) is 0 Å². The normalized spacial score (nSPS) is 12.2. The number of hydrogen-bond donors (Lipinski definition) is 2. The molecule has 3 rings (SSSR count). The highest BCUT2D eigenvalue weighted by Crippen LogP contribution is 2.25. The van der Waals surface area contributed by atoms with Gasteiger partial charge in [-0.05, 0) is 39.0 Å². The van der Waals surface area contributed by atoms with Crippen LogP contribution in [0.4, 0.5) is 5.95 Å². The molecule has 1 amide bonds. The number of carbonyl (C=O) groups excluding carboxylic acids is 1. The summed E-state index contributed by atoms with van der Waals surface area (Å²) in [5.74, 6) is 0.448. The number of nitrogens with zero attached hydrogens (tertiary/aromatic N) is 4. The molecule has 7 nitrogen and oxygen atoms in total. The summed E-state index contributed by atoms with van der Waals surface area (Å²) in [6.45, 7) is 5.57. The topological polar surface area (TPSA) is 88.5 Å². The highest BCUT2D eigenvalue weighted by atomic mass is 35.5. The first-order valence-electron chi connectivity index (χ1n) is 7.46. The maximum atomic E-state index is 12.4. The van der Waals surface area contributed by atoms with E-state index in [-0.39, 0.29) is 11.9 Å². The molecule has 0 bridgehead atoms. The van der Waals surface area contributed by atoms with Crippen LogP contribution in [0.15, 0.2) is 30.3 Å². The SMILES string of the molecule is Cc1cc(C)n(C(C)C(=O)Nc2n[nH]c(-c3ccccc3Cl)n2)n1. The van der Waals surface area contributed by atoms with Crippen molar-refractivity contribution in [1.82, 2.24) is 25.0 Å². The third-order valence-electron chi connectivity index (χ3n) is 3.64. The van der Waals surface area contributed by atoms with E-state index in [1.54, 1.807) is 17.7 Å². The van der Waals surface area contributed by atoms with Gasteiger partial charge in [-0.15, -0.1) is 5.10 Å². The van der Waals surface area contributed by atoms with Gasteiger partial charge in [0, 0.05) is 11.3 Å². The van der Waals surface area contributed by atoms with Gasteiger partial charge in [0.2, 0.25) is 5.95 Å². The number of carbonyl (C=O) groups is 1.